The number of hydrogen-bond donors (Lipinski definition) is 2. The number of rotatable bonds is 4. The Morgan fingerprint density at radius 3 is 2.27 bits per heavy atom. The van der Waals surface area contributed by atoms with E-state index in [-0.39, 0.29) is 0 Å². The van der Waals surface area contributed by atoms with E-state index in [1.54, 1.807) is 31.2 Å². The quantitative estimate of drug-likeness (QED) is 0.809. The van der Waals surface area contributed by atoms with Crippen LogP contribution in [0.25, 0.3) is 0 Å². The van der Waals surface area contributed by atoms with Crippen LogP contribution in [0, 0.1) is 0 Å². The van der Waals surface area contributed by atoms with E-state index < -0.39 is 16.1 Å². The van der Waals surface area contributed by atoms with Crippen molar-refractivity contribution < 1.29 is 13.5 Å². The molecule has 0 saturated carbocycles. The zero-order chi connectivity index (χ0) is 11.5. The van der Waals surface area contributed by atoms with E-state index in [2.05, 4.69) is 4.72 Å². The van der Waals surface area contributed by atoms with Gasteiger partial charge in [0.25, 0.3) is 0 Å². The van der Waals surface area contributed by atoms with Crippen molar-refractivity contribution in [2.45, 2.75) is 19.4 Å². The summed E-state index contributed by atoms with van der Waals surface area (Å²) in [6, 6.07) is 6.94. The van der Waals surface area contributed by atoms with Gasteiger partial charge in [-0.1, -0.05) is 12.1 Å². The molecule has 0 heterocycles. The molecule has 0 amide bonds. The summed E-state index contributed by atoms with van der Waals surface area (Å²) in [6.07, 6.45) is 1.29. The third-order valence-corrected chi connectivity index (χ3v) is 2.39. The van der Waals surface area contributed by atoms with Gasteiger partial charge in [-0.05, 0) is 31.0 Å². The topological polar surface area (TPSA) is 66.4 Å². The molecule has 0 aliphatic carbocycles. The van der Waals surface area contributed by atoms with Crippen LogP contribution in [0.5, 0.6) is 0 Å². The minimum Gasteiger partial charge on any atom is -0.393 e. The Labute approximate surface area is 90.0 Å². The van der Waals surface area contributed by atoms with Gasteiger partial charge in [-0.25, -0.2) is 8.42 Å². The zero-order valence-corrected chi connectivity index (χ0v) is 9.58. The SMILES string of the molecule is CC(O)Cc1ccc(NS(C)(=O)=O)cc1. The molecule has 0 aliphatic heterocycles. The molecule has 84 valence electrons. The third kappa shape index (κ3) is 4.80. The molecule has 15 heavy (non-hydrogen) atoms. The van der Waals surface area contributed by atoms with Crippen LogP contribution in [0.2, 0.25) is 0 Å². The lowest BCUT2D eigenvalue weighted by Crippen LogP contribution is -2.09. The van der Waals surface area contributed by atoms with Crippen LogP contribution in [-0.2, 0) is 16.4 Å². The molecule has 2 N–H and O–H groups in total. The van der Waals surface area contributed by atoms with Gasteiger partial charge in [0.1, 0.15) is 0 Å². The minimum absolute atomic E-state index is 0.390. The maximum absolute atomic E-state index is 10.9. The van der Waals surface area contributed by atoms with Gasteiger partial charge >= 0.3 is 0 Å². The minimum atomic E-state index is -3.21. The number of nitrogens with one attached hydrogen (secondary N) is 1. The van der Waals surface area contributed by atoms with Crippen LogP contribution in [0.4, 0.5) is 5.69 Å². The summed E-state index contributed by atoms with van der Waals surface area (Å²) in [5, 5.41) is 9.15. The van der Waals surface area contributed by atoms with Crippen LogP contribution < -0.4 is 4.72 Å². The molecule has 1 rings (SSSR count). The Morgan fingerprint density at radius 1 is 1.33 bits per heavy atom. The van der Waals surface area contributed by atoms with Crippen LogP contribution in [-0.4, -0.2) is 25.9 Å². The first-order valence-electron chi connectivity index (χ1n) is 4.61. The van der Waals surface area contributed by atoms with Gasteiger partial charge in [0.2, 0.25) is 10.0 Å². The summed E-state index contributed by atoms with van der Waals surface area (Å²) in [6.45, 7) is 1.71. The molecule has 1 aromatic rings. The van der Waals surface area contributed by atoms with E-state index in [1.165, 1.54) is 0 Å². The second kappa shape index (κ2) is 4.63. The fourth-order valence-electron chi connectivity index (χ4n) is 1.26. The van der Waals surface area contributed by atoms with E-state index in [0.717, 1.165) is 11.8 Å². The van der Waals surface area contributed by atoms with E-state index in [9.17, 15) is 8.42 Å². The van der Waals surface area contributed by atoms with Crippen LogP contribution in [0.1, 0.15) is 12.5 Å². The van der Waals surface area contributed by atoms with Crippen molar-refractivity contribution in [3.8, 4) is 0 Å². The lowest BCUT2D eigenvalue weighted by molar-refractivity contribution is 0.195. The Balaban J connectivity index is 2.73. The summed E-state index contributed by atoms with van der Waals surface area (Å²) in [4.78, 5) is 0. The molecule has 0 aromatic heterocycles. The molecule has 0 saturated heterocycles. The van der Waals surface area contributed by atoms with Crippen molar-refractivity contribution >= 4 is 15.7 Å². The Morgan fingerprint density at radius 2 is 1.87 bits per heavy atom. The summed E-state index contributed by atoms with van der Waals surface area (Å²) in [5.41, 5.74) is 1.51. The van der Waals surface area contributed by atoms with E-state index in [0.29, 0.717) is 12.1 Å². The lowest BCUT2D eigenvalue weighted by atomic mass is 10.1. The molecule has 4 nitrogen and oxygen atoms in total. The van der Waals surface area contributed by atoms with Crippen molar-refractivity contribution in [2.75, 3.05) is 11.0 Å². The highest BCUT2D eigenvalue weighted by atomic mass is 32.2. The van der Waals surface area contributed by atoms with E-state index in [1.807, 2.05) is 0 Å². The molecule has 1 unspecified atom stereocenters. The molecular formula is C10H15NO3S. The highest BCUT2D eigenvalue weighted by Gasteiger charge is 2.02. The van der Waals surface area contributed by atoms with Gasteiger partial charge in [0.15, 0.2) is 0 Å². The number of aliphatic hydroxyl groups excluding tert-OH is 1. The largest absolute Gasteiger partial charge is 0.393 e. The Kier molecular flexibility index (Phi) is 3.71. The maximum Gasteiger partial charge on any atom is 0.229 e. The van der Waals surface area contributed by atoms with Gasteiger partial charge in [-0.2, -0.15) is 0 Å². The smallest absolute Gasteiger partial charge is 0.229 e. The molecule has 0 radical (unpaired) electrons. The lowest BCUT2D eigenvalue weighted by Gasteiger charge is -2.06. The van der Waals surface area contributed by atoms with Crippen LogP contribution in [0.3, 0.4) is 0 Å². The average Bonchev–Trinajstić information content (AvgIpc) is 2.05. The zero-order valence-electron chi connectivity index (χ0n) is 8.77. The van der Waals surface area contributed by atoms with Crippen molar-refractivity contribution in [1.29, 1.82) is 0 Å². The number of benzene rings is 1. The molecule has 1 aromatic carbocycles. The van der Waals surface area contributed by atoms with Crippen LogP contribution in [0.15, 0.2) is 24.3 Å². The fourth-order valence-corrected chi connectivity index (χ4v) is 1.83. The second-order valence-corrected chi connectivity index (χ2v) is 5.37. The summed E-state index contributed by atoms with van der Waals surface area (Å²) in [7, 11) is -3.21. The van der Waals surface area contributed by atoms with Gasteiger partial charge < -0.3 is 5.11 Å². The number of hydrogen-bond acceptors (Lipinski definition) is 3. The Hall–Kier alpha value is -1.07. The molecule has 1 atom stereocenters. The van der Waals surface area contributed by atoms with Crippen LogP contribution >= 0.6 is 0 Å². The number of sulfonamides is 1. The van der Waals surface area contributed by atoms with Crippen molar-refractivity contribution in [2.24, 2.45) is 0 Å². The van der Waals surface area contributed by atoms with E-state index >= 15 is 0 Å². The maximum atomic E-state index is 10.9. The standard InChI is InChI=1S/C10H15NO3S/c1-8(12)7-9-3-5-10(6-4-9)11-15(2,13)14/h3-6,8,11-12H,7H2,1-2H3. The molecule has 0 bridgehead atoms. The fraction of sp³-hybridized carbons (Fsp3) is 0.400. The summed E-state index contributed by atoms with van der Waals surface area (Å²) < 4.78 is 24.2. The molecule has 0 spiro atoms. The Bertz CT molecular complexity index is 409. The second-order valence-electron chi connectivity index (χ2n) is 3.62. The normalized spacial score (nSPS) is 13.5. The molecule has 0 fully saturated rings. The highest BCUT2D eigenvalue weighted by molar-refractivity contribution is 7.92. The predicted octanol–water partition coefficient (Wildman–Crippen LogP) is 0.981. The van der Waals surface area contributed by atoms with Gasteiger partial charge in [-0.3, -0.25) is 4.72 Å². The third-order valence-electron chi connectivity index (χ3n) is 1.79. The summed E-state index contributed by atoms with van der Waals surface area (Å²) >= 11 is 0. The first-order chi connectivity index (χ1) is 6.87. The van der Waals surface area contributed by atoms with Gasteiger partial charge in [0.05, 0.1) is 12.4 Å². The first-order valence-corrected chi connectivity index (χ1v) is 6.51. The van der Waals surface area contributed by atoms with Crippen molar-refractivity contribution in [1.82, 2.24) is 0 Å². The highest BCUT2D eigenvalue weighted by Crippen LogP contribution is 2.12. The predicted molar refractivity (Wildman–Crippen MR) is 60.3 cm³/mol. The summed E-state index contributed by atoms with van der Waals surface area (Å²) in [5.74, 6) is 0. The molecule has 5 heteroatoms. The van der Waals surface area contributed by atoms with Crippen molar-refractivity contribution in [3.05, 3.63) is 29.8 Å². The first kappa shape index (κ1) is 12.0. The van der Waals surface area contributed by atoms with E-state index in [4.69, 9.17) is 5.11 Å². The van der Waals surface area contributed by atoms with Gasteiger partial charge in [0, 0.05) is 5.69 Å². The van der Waals surface area contributed by atoms with Crippen molar-refractivity contribution in [3.63, 3.8) is 0 Å². The monoisotopic (exact) mass is 229 g/mol. The number of aliphatic hydroxyl groups is 1. The van der Waals surface area contributed by atoms with Gasteiger partial charge in [-0.15, -0.1) is 0 Å². The molecular weight excluding hydrogens is 214 g/mol. The molecule has 0 aliphatic rings. The number of anilines is 1. The average molecular weight is 229 g/mol.